The molecule has 3 aromatic rings. The van der Waals surface area contributed by atoms with E-state index in [9.17, 15) is 5.11 Å². The fourth-order valence-corrected chi connectivity index (χ4v) is 2.19. The number of aliphatic hydroxyl groups excluding tert-OH is 1. The lowest BCUT2D eigenvalue weighted by Crippen LogP contribution is -2.02. The Morgan fingerprint density at radius 3 is 2.44 bits per heavy atom. The largest absolute Gasteiger partial charge is 0.382 e. The minimum absolute atomic E-state index is 0.675. The van der Waals surface area contributed by atoms with E-state index in [2.05, 4.69) is 4.98 Å². The van der Waals surface area contributed by atoms with Gasteiger partial charge in [0, 0.05) is 6.20 Å². The summed E-state index contributed by atoms with van der Waals surface area (Å²) in [5.41, 5.74) is 1.57. The van der Waals surface area contributed by atoms with Crippen LogP contribution < -0.4 is 0 Å². The summed E-state index contributed by atoms with van der Waals surface area (Å²) in [6.07, 6.45) is 1.02. The first-order valence-electron chi connectivity index (χ1n) is 5.93. The number of hydrogen-bond donors (Lipinski definition) is 1. The highest BCUT2D eigenvalue weighted by Gasteiger charge is 2.13. The van der Waals surface area contributed by atoms with Crippen molar-refractivity contribution < 1.29 is 5.11 Å². The molecule has 18 heavy (non-hydrogen) atoms. The molecule has 88 valence electrons. The highest BCUT2D eigenvalue weighted by Crippen LogP contribution is 2.27. The van der Waals surface area contributed by atoms with Gasteiger partial charge >= 0.3 is 0 Å². The zero-order valence-electron chi connectivity index (χ0n) is 9.82. The third-order valence-corrected chi connectivity index (χ3v) is 3.09. The molecule has 2 aromatic carbocycles. The van der Waals surface area contributed by atoms with Gasteiger partial charge in [-0.25, -0.2) is 0 Å². The number of fused-ring (bicyclic) bond motifs is 1. The van der Waals surface area contributed by atoms with Gasteiger partial charge in [-0.2, -0.15) is 0 Å². The average Bonchev–Trinajstić information content (AvgIpc) is 2.47. The van der Waals surface area contributed by atoms with E-state index in [1.54, 1.807) is 6.20 Å². The summed E-state index contributed by atoms with van der Waals surface area (Å²) in [6.45, 7) is 0. The van der Waals surface area contributed by atoms with Crippen LogP contribution in [-0.4, -0.2) is 10.1 Å². The van der Waals surface area contributed by atoms with Crippen molar-refractivity contribution in [2.45, 2.75) is 6.10 Å². The van der Waals surface area contributed by atoms with Gasteiger partial charge in [0.05, 0.1) is 5.69 Å². The van der Waals surface area contributed by atoms with Crippen LogP contribution in [0.5, 0.6) is 0 Å². The summed E-state index contributed by atoms with van der Waals surface area (Å²) in [5.74, 6) is 0. The molecule has 2 nitrogen and oxygen atoms in total. The first-order chi connectivity index (χ1) is 8.86. The maximum absolute atomic E-state index is 10.4. The number of benzene rings is 2. The summed E-state index contributed by atoms with van der Waals surface area (Å²) >= 11 is 0. The Bertz CT molecular complexity index is 659. The van der Waals surface area contributed by atoms with Gasteiger partial charge in [0.2, 0.25) is 0 Å². The Kier molecular flexibility index (Phi) is 2.79. The molecule has 0 unspecified atom stereocenters. The van der Waals surface area contributed by atoms with Crippen molar-refractivity contribution in [2.75, 3.05) is 0 Å². The fourth-order valence-electron chi connectivity index (χ4n) is 2.19. The first kappa shape index (κ1) is 10.9. The molecule has 0 aliphatic heterocycles. The van der Waals surface area contributed by atoms with Crippen molar-refractivity contribution in [1.82, 2.24) is 4.98 Å². The first-order valence-corrected chi connectivity index (χ1v) is 5.93. The fraction of sp³-hybridized carbons (Fsp3) is 0.0625. The summed E-state index contributed by atoms with van der Waals surface area (Å²) in [5, 5.41) is 12.6. The summed E-state index contributed by atoms with van der Waals surface area (Å²) in [4.78, 5) is 4.21. The molecule has 3 rings (SSSR count). The predicted octanol–water partition coefficient (Wildman–Crippen LogP) is 3.32. The Hall–Kier alpha value is -2.19. The van der Waals surface area contributed by atoms with E-state index >= 15 is 0 Å². The molecule has 0 fully saturated rings. The molecule has 1 N–H and O–H groups in total. The number of rotatable bonds is 2. The Labute approximate surface area is 106 Å². The molecule has 0 spiro atoms. The van der Waals surface area contributed by atoms with Crippen LogP contribution in [0.3, 0.4) is 0 Å². The molecule has 0 aliphatic rings. The molecule has 1 heterocycles. The second kappa shape index (κ2) is 4.59. The lowest BCUT2D eigenvalue weighted by atomic mass is 9.98. The van der Waals surface area contributed by atoms with E-state index in [0.29, 0.717) is 5.69 Å². The van der Waals surface area contributed by atoms with E-state index < -0.39 is 6.10 Å². The molecule has 0 radical (unpaired) electrons. The van der Waals surface area contributed by atoms with Crippen molar-refractivity contribution in [3.8, 4) is 0 Å². The number of hydrogen-bond acceptors (Lipinski definition) is 2. The second-order valence-corrected chi connectivity index (χ2v) is 4.23. The van der Waals surface area contributed by atoms with Crippen molar-refractivity contribution in [3.63, 3.8) is 0 Å². The lowest BCUT2D eigenvalue weighted by molar-refractivity contribution is 0.217. The summed E-state index contributed by atoms with van der Waals surface area (Å²) in [6, 6.07) is 19.6. The zero-order chi connectivity index (χ0) is 12.4. The predicted molar refractivity (Wildman–Crippen MR) is 72.2 cm³/mol. The third-order valence-electron chi connectivity index (χ3n) is 3.09. The summed E-state index contributed by atoms with van der Waals surface area (Å²) in [7, 11) is 0. The second-order valence-electron chi connectivity index (χ2n) is 4.23. The number of pyridine rings is 1. The van der Waals surface area contributed by atoms with Crippen LogP contribution in [0.1, 0.15) is 17.4 Å². The standard InChI is InChI=1S/C16H13NO/c18-16(15-10-3-4-11-17-15)14-9-5-7-12-6-1-2-8-13(12)14/h1-11,16,18H/t16-/m0/s1. The van der Waals surface area contributed by atoms with Crippen molar-refractivity contribution in [1.29, 1.82) is 0 Å². The average molecular weight is 235 g/mol. The van der Waals surface area contributed by atoms with Gasteiger partial charge in [0.15, 0.2) is 0 Å². The topological polar surface area (TPSA) is 33.1 Å². The summed E-state index contributed by atoms with van der Waals surface area (Å²) < 4.78 is 0. The molecular weight excluding hydrogens is 222 g/mol. The quantitative estimate of drug-likeness (QED) is 0.739. The van der Waals surface area contributed by atoms with Gasteiger partial charge in [-0.3, -0.25) is 4.98 Å². The smallest absolute Gasteiger partial charge is 0.122 e. The van der Waals surface area contributed by atoms with Crippen LogP contribution in [0.2, 0.25) is 0 Å². The van der Waals surface area contributed by atoms with Crippen LogP contribution in [0.4, 0.5) is 0 Å². The minimum Gasteiger partial charge on any atom is -0.382 e. The van der Waals surface area contributed by atoms with Gasteiger partial charge in [-0.05, 0) is 28.5 Å². The zero-order valence-corrected chi connectivity index (χ0v) is 9.82. The molecule has 0 aliphatic carbocycles. The van der Waals surface area contributed by atoms with Crippen LogP contribution >= 0.6 is 0 Å². The molecule has 0 saturated carbocycles. The monoisotopic (exact) mass is 235 g/mol. The van der Waals surface area contributed by atoms with Crippen LogP contribution in [0, 0.1) is 0 Å². The molecule has 0 amide bonds. The highest BCUT2D eigenvalue weighted by molar-refractivity contribution is 5.86. The minimum atomic E-state index is -0.683. The molecule has 0 saturated heterocycles. The highest BCUT2D eigenvalue weighted by atomic mass is 16.3. The SMILES string of the molecule is O[C@H](c1ccccn1)c1cccc2ccccc12. The number of nitrogens with zero attached hydrogens (tertiary/aromatic N) is 1. The van der Waals surface area contributed by atoms with Gasteiger partial charge in [0.1, 0.15) is 6.10 Å². The van der Waals surface area contributed by atoms with E-state index in [4.69, 9.17) is 0 Å². The van der Waals surface area contributed by atoms with Gasteiger partial charge in [0.25, 0.3) is 0 Å². The van der Waals surface area contributed by atoms with E-state index in [-0.39, 0.29) is 0 Å². The maximum Gasteiger partial charge on any atom is 0.122 e. The van der Waals surface area contributed by atoms with Crippen molar-refractivity contribution >= 4 is 10.8 Å². The Morgan fingerprint density at radius 1 is 0.833 bits per heavy atom. The number of aromatic nitrogens is 1. The van der Waals surface area contributed by atoms with Gasteiger partial charge in [-0.1, -0.05) is 48.5 Å². The molecule has 1 aromatic heterocycles. The van der Waals surface area contributed by atoms with Crippen LogP contribution in [0.25, 0.3) is 10.8 Å². The number of aliphatic hydroxyl groups is 1. The molecule has 2 heteroatoms. The van der Waals surface area contributed by atoms with E-state index in [1.165, 1.54) is 0 Å². The maximum atomic E-state index is 10.4. The van der Waals surface area contributed by atoms with Crippen molar-refractivity contribution in [3.05, 3.63) is 78.1 Å². The molecular formula is C16H13NO. The third kappa shape index (κ3) is 1.87. The van der Waals surface area contributed by atoms with Crippen molar-refractivity contribution in [2.24, 2.45) is 0 Å². The normalized spacial score (nSPS) is 12.5. The van der Waals surface area contributed by atoms with Gasteiger partial charge in [-0.15, -0.1) is 0 Å². The van der Waals surface area contributed by atoms with E-state index in [1.807, 2.05) is 60.7 Å². The Morgan fingerprint density at radius 2 is 1.61 bits per heavy atom. The van der Waals surface area contributed by atoms with Crippen LogP contribution in [-0.2, 0) is 0 Å². The molecule has 0 bridgehead atoms. The molecule has 1 atom stereocenters. The Balaban J connectivity index is 2.15. The van der Waals surface area contributed by atoms with Crippen LogP contribution in [0.15, 0.2) is 66.9 Å². The lowest BCUT2D eigenvalue weighted by Gasteiger charge is -2.13. The van der Waals surface area contributed by atoms with Gasteiger partial charge < -0.3 is 5.11 Å². The van der Waals surface area contributed by atoms with E-state index in [0.717, 1.165) is 16.3 Å².